The van der Waals surface area contributed by atoms with Crippen LogP contribution in [0.3, 0.4) is 0 Å². The Morgan fingerprint density at radius 2 is 1.76 bits per heavy atom. The van der Waals surface area contributed by atoms with Gasteiger partial charge in [0, 0.05) is 11.8 Å². The average Bonchev–Trinajstić information content (AvgIpc) is 2.53. The first-order valence-corrected chi connectivity index (χ1v) is 8.71. The second-order valence-corrected chi connectivity index (χ2v) is 7.32. The normalized spacial score (nSPS) is 11.4. The maximum Gasteiger partial charge on any atom is 0.326 e. The van der Waals surface area contributed by atoms with Gasteiger partial charge in [0.05, 0.1) is 0 Å². The molecular formula is C21H27NO3. The second kappa shape index (κ2) is 8.15. The van der Waals surface area contributed by atoms with Crippen LogP contribution >= 0.6 is 0 Å². The Balaban J connectivity index is 1.99. The molecular weight excluding hydrogens is 314 g/mol. The Morgan fingerprint density at radius 3 is 2.40 bits per heavy atom. The third-order valence-electron chi connectivity index (χ3n) is 3.99. The van der Waals surface area contributed by atoms with Gasteiger partial charge >= 0.3 is 5.97 Å². The number of nitrogens with zero attached hydrogens (tertiary/aromatic N) is 1. The number of pyridine rings is 1. The van der Waals surface area contributed by atoms with E-state index >= 15 is 0 Å². The average molecular weight is 341 g/mol. The zero-order valence-corrected chi connectivity index (χ0v) is 15.5. The Hall–Kier alpha value is -2.36. The zero-order valence-electron chi connectivity index (χ0n) is 15.5. The largest absolute Gasteiger partial charge is 0.459 e. The summed E-state index contributed by atoms with van der Waals surface area (Å²) in [5.41, 5.74) is 2.38. The maximum atomic E-state index is 12.5. The topological polar surface area (TPSA) is 48.3 Å². The van der Waals surface area contributed by atoms with Crippen LogP contribution in [0, 0.1) is 6.92 Å². The van der Waals surface area contributed by atoms with Gasteiger partial charge in [0.2, 0.25) is 0 Å². The molecule has 0 bridgehead atoms. The molecule has 25 heavy (non-hydrogen) atoms. The Kier molecular flexibility index (Phi) is 6.18. The van der Waals surface area contributed by atoms with Crippen molar-refractivity contribution < 1.29 is 9.53 Å². The van der Waals surface area contributed by atoms with E-state index < -0.39 is 11.6 Å². The molecule has 4 heteroatoms. The summed E-state index contributed by atoms with van der Waals surface area (Å²) in [6, 6.07) is 12.3. The van der Waals surface area contributed by atoms with Gasteiger partial charge in [-0.15, -0.1) is 0 Å². The molecule has 134 valence electrons. The van der Waals surface area contributed by atoms with E-state index in [0.717, 1.165) is 24.8 Å². The highest BCUT2D eigenvalue weighted by Gasteiger charge is 2.17. The summed E-state index contributed by atoms with van der Waals surface area (Å²) in [6.07, 6.45) is 4.52. The van der Waals surface area contributed by atoms with E-state index in [2.05, 4.69) is 12.1 Å². The Morgan fingerprint density at radius 1 is 1.08 bits per heavy atom. The minimum absolute atomic E-state index is 0.0543. The van der Waals surface area contributed by atoms with Crippen molar-refractivity contribution in [2.75, 3.05) is 0 Å². The van der Waals surface area contributed by atoms with Gasteiger partial charge < -0.3 is 9.30 Å². The number of aryl methyl sites for hydroxylation is 2. The number of hydrogen-bond donors (Lipinski definition) is 0. The van der Waals surface area contributed by atoms with Gasteiger partial charge in [-0.05, 0) is 64.2 Å². The number of rotatable bonds is 6. The van der Waals surface area contributed by atoms with Crippen LogP contribution in [0.4, 0.5) is 0 Å². The van der Waals surface area contributed by atoms with E-state index in [1.54, 1.807) is 6.20 Å². The number of ether oxygens (including phenoxy) is 1. The molecule has 0 unspecified atom stereocenters. The zero-order chi connectivity index (χ0) is 18.4. The fourth-order valence-corrected chi connectivity index (χ4v) is 2.76. The molecule has 4 nitrogen and oxygen atoms in total. The molecule has 1 aromatic heterocycles. The molecule has 2 rings (SSSR count). The molecule has 0 atom stereocenters. The van der Waals surface area contributed by atoms with E-state index in [4.69, 9.17) is 4.74 Å². The van der Waals surface area contributed by atoms with Crippen LogP contribution in [0.5, 0.6) is 0 Å². The van der Waals surface area contributed by atoms with E-state index in [9.17, 15) is 9.59 Å². The van der Waals surface area contributed by atoms with Crippen LogP contribution in [0.1, 0.15) is 43.9 Å². The van der Waals surface area contributed by atoms with Crippen molar-refractivity contribution in [3.8, 4) is 0 Å². The first kappa shape index (κ1) is 19.0. The van der Waals surface area contributed by atoms with Gasteiger partial charge in [-0.3, -0.25) is 9.59 Å². The van der Waals surface area contributed by atoms with Crippen molar-refractivity contribution >= 4 is 5.97 Å². The molecule has 1 aromatic carbocycles. The van der Waals surface area contributed by atoms with Crippen molar-refractivity contribution in [2.24, 2.45) is 0 Å². The lowest BCUT2D eigenvalue weighted by molar-refractivity contribution is -0.155. The number of hydrogen-bond acceptors (Lipinski definition) is 3. The highest BCUT2D eigenvalue weighted by Crippen LogP contribution is 2.11. The van der Waals surface area contributed by atoms with Crippen LogP contribution in [0.25, 0.3) is 0 Å². The first-order chi connectivity index (χ1) is 11.8. The Labute approximate surface area is 149 Å². The predicted octanol–water partition coefficient (Wildman–Crippen LogP) is 3.67. The van der Waals surface area contributed by atoms with Crippen LogP contribution < -0.4 is 5.56 Å². The molecule has 0 fully saturated rings. The molecule has 1 heterocycles. The third-order valence-corrected chi connectivity index (χ3v) is 3.99. The van der Waals surface area contributed by atoms with Crippen molar-refractivity contribution in [1.82, 2.24) is 4.57 Å². The lowest BCUT2D eigenvalue weighted by atomic mass is 10.0. The smallest absolute Gasteiger partial charge is 0.326 e. The summed E-state index contributed by atoms with van der Waals surface area (Å²) < 4.78 is 6.70. The molecule has 0 saturated heterocycles. The Bertz CT molecular complexity index is 770. The highest BCUT2D eigenvalue weighted by molar-refractivity contribution is 5.69. The first-order valence-electron chi connectivity index (χ1n) is 8.71. The van der Waals surface area contributed by atoms with Crippen molar-refractivity contribution in [1.29, 1.82) is 0 Å². The SMILES string of the molecule is Cc1c(CCCc2ccccc2)ccn(CC(=O)OC(C)(C)C)c1=O. The third kappa shape index (κ3) is 5.89. The summed E-state index contributed by atoms with van der Waals surface area (Å²) in [5.74, 6) is -0.397. The minimum Gasteiger partial charge on any atom is -0.459 e. The van der Waals surface area contributed by atoms with Gasteiger partial charge in [-0.1, -0.05) is 30.3 Å². The van der Waals surface area contributed by atoms with E-state index in [0.29, 0.717) is 5.56 Å². The molecule has 0 N–H and O–H groups in total. The fraction of sp³-hybridized carbons (Fsp3) is 0.429. The standard InChI is InChI=1S/C21H27NO3/c1-16-18(12-8-11-17-9-6-5-7-10-17)13-14-22(20(16)24)15-19(23)25-21(2,3)4/h5-7,9-10,13-14H,8,11-12,15H2,1-4H3. The van der Waals surface area contributed by atoms with E-state index in [1.165, 1.54) is 10.1 Å². The number of esters is 1. The van der Waals surface area contributed by atoms with Gasteiger partial charge in [0.15, 0.2) is 0 Å². The molecule has 0 aliphatic rings. The minimum atomic E-state index is -0.548. The number of carbonyl (C=O) groups is 1. The van der Waals surface area contributed by atoms with Crippen LogP contribution in [0.15, 0.2) is 47.4 Å². The summed E-state index contributed by atoms with van der Waals surface area (Å²) in [7, 11) is 0. The molecule has 0 aliphatic heterocycles. The van der Waals surface area contributed by atoms with E-state index in [-0.39, 0.29) is 12.1 Å². The van der Waals surface area contributed by atoms with Gasteiger partial charge in [0.1, 0.15) is 12.1 Å². The van der Waals surface area contributed by atoms with Crippen molar-refractivity contribution in [2.45, 2.75) is 59.1 Å². The summed E-state index contributed by atoms with van der Waals surface area (Å²) >= 11 is 0. The summed E-state index contributed by atoms with van der Waals surface area (Å²) in [5, 5.41) is 0. The lowest BCUT2D eigenvalue weighted by Crippen LogP contribution is -2.31. The molecule has 0 spiro atoms. The quantitative estimate of drug-likeness (QED) is 0.753. The van der Waals surface area contributed by atoms with Gasteiger partial charge in [-0.2, -0.15) is 0 Å². The predicted molar refractivity (Wildman–Crippen MR) is 99.8 cm³/mol. The molecule has 0 radical (unpaired) electrons. The van der Waals surface area contributed by atoms with Gasteiger partial charge in [0.25, 0.3) is 5.56 Å². The monoisotopic (exact) mass is 341 g/mol. The van der Waals surface area contributed by atoms with Crippen molar-refractivity contribution in [3.05, 3.63) is 69.6 Å². The van der Waals surface area contributed by atoms with Crippen molar-refractivity contribution in [3.63, 3.8) is 0 Å². The van der Waals surface area contributed by atoms with E-state index in [1.807, 2.05) is 52.0 Å². The van der Waals surface area contributed by atoms with Gasteiger partial charge in [-0.25, -0.2) is 0 Å². The molecule has 0 saturated carbocycles. The maximum absolute atomic E-state index is 12.5. The number of carbonyl (C=O) groups excluding carboxylic acids is 1. The lowest BCUT2D eigenvalue weighted by Gasteiger charge is -2.20. The molecule has 0 aliphatic carbocycles. The fourth-order valence-electron chi connectivity index (χ4n) is 2.76. The highest BCUT2D eigenvalue weighted by atomic mass is 16.6. The van der Waals surface area contributed by atoms with Crippen LogP contribution in [0.2, 0.25) is 0 Å². The van der Waals surface area contributed by atoms with Crippen LogP contribution in [-0.4, -0.2) is 16.1 Å². The summed E-state index contributed by atoms with van der Waals surface area (Å²) in [4.78, 5) is 24.4. The molecule has 0 amide bonds. The number of benzene rings is 1. The number of aromatic nitrogens is 1. The second-order valence-electron chi connectivity index (χ2n) is 7.32. The summed E-state index contributed by atoms with van der Waals surface area (Å²) in [6.45, 7) is 7.21. The molecule has 2 aromatic rings. The van der Waals surface area contributed by atoms with Crippen LogP contribution in [-0.2, 0) is 28.9 Å².